The van der Waals surface area contributed by atoms with E-state index < -0.39 is 0 Å². The largest absolute Gasteiger partial charge is 0.332 e. The van der Waals surface area contributed by atoms with Gasteiger partial charge < -0.3 is 10.3 Å². The minimum Gasteiger partial charge on any atom is -0.332 e. The molecule has 2 aromatic rings. The zero-order chi connectivity index (χ0) is 11.1. The van der Waals surface area contributed by atoms with Crippen molar-refractivity contribution in [1.29, 1.82) is 0 Å². The Morgan fingerprint density at radius 2 is 2.06 bits per heavy atom. The summed E-state index contributed by atoms with van der Waals surface area (Å²) in [6.45, 7) is 2.99. The summed E-state index contributed by atoms with van der Waals surface area (Å²) in [5, 5.41) is 0. The molecule has 1 aliphatic heterocycles. The monoisotopic (exact) mass is 213 g/mol. The number of hydrogen-bond donors (Lipinski definition) is 1. The van der Waals surface area contributed by atoms with E-state index in [1.165, 1.54) is 16.8 Å². The van der Waals surface area contributed by atoms with Crippen molar-refractivity contribution in [3.8, 4) is 11.3 Å². The van der Waals surface area contributed by atoms with Gasteiger partial charge in [-0.15, -0.1) is 0 Å². The summed E-state index contributed by atoms with van der Waals surface area (Å²) in [5.41, 5.74) is 10.8. The molecule has 3 nitrogen and oxygen atoms in total. The topological polar surface area (TPSA) is 43.8 Å². The number of aromatic nitrogens is 2. The van der Waals surface area contributed by atoms with Crippen LogP contribution in [0.4, 0.5) is 0 Å². The Bertz CT molecular complexity index is 510. The molecule has 0 spiro atoms. The smallest absolute Gasteiger partial charge is 0.0956 e. The molecule has 16 heavy (non-hydrogen) atoms. The van der Waals surface area contributed by atoms with Crippen LogP contribution in [-0.4, -0.2) is 15.6 Å². The summed E-state index contributed by atoms with van der Waals surface area (Å²) in [6.07, 6.45) is 2.83. The van der Waals surface area contributed by atoms with Gasteiger partial charge in [-0.2, -0.15) is 0 Å². The first-order chi connectivity index (χ1) is 7.74. The predicted octanol–water partition coefficient (Wildman–Crippen LogP) is 1.74. The van der Waals surface area contributed by atoms with Crippen molar-refractivity contribution in [2.24, 2.45) is 5.73 Å². The molecule has 1 unspecified atom stereocenters. The van der Waals surface area contributed by atoms with Gasteiger partial charge >= 0.3 is 0 Å². The second-order valence-corrected chi connectivity index (χ2v) is 4.52. The lowest BCUT2D eigenvalue weighted by atomic mass is 10.1. The highest BCUT2D eigenvalue weighted by Crippen LogP contribution is 2.26. The van der Waals surface area contributed by atoms with E-state index in [2.05, 4.69) is 40.7 Å². The molecule has 0 saturated heterocycles. The number of benzene rings is 1. The highest BCUT2D eigenvalue weighted by atomic mass is 15.1. The van der Waals surface area contributed by atoms with Crippen LogP contribution >= 0.6 is 0 Å². The van der Waals surface area contributed by atoms with Gasteiger partial charge in [-0.1, -0.05) is 29.8 Å². The number of fused-ring (bicyclic) bond motifs is 1. The Morgan fingerprint density at radius 1 is 1.31 bits per heavy atom. The zero-order valence-electron chi connectivity index (χ0n) is 9.35. The Labute approximate surface area is 94.9 Å². The third-order valence-electron chi connectivity index (χ3n) is 3.16. The fraction of sp³-hybridized carbons (Fsp3) is 0.308. The number of nitrogens with zero attached hydrogens (tertiary/aromatic N) is 2. The average Bonchev–Trinajstić information content (AvgIpc) is 2.78. The van der Waals surface area contributed by atoms with E-state index in [0.29, 0.717) is 0 Å². The third kappa shape index (κ3) is 1.44. The summed E-state index contributed by atoms with van der Waals surface area (Å²) in [5.74, 6) is 0. The van der Waals surface area contributed by atoms with Crippen LogP contribution in [0, 0.1) is 6.92 Å². The molecule has 2 heterocycles. The molecule has 0 fully saturated rings. The fourth-order valence-electron chi connectivity index (χ4n) is 2.30. The number of rotatable bonds is 1. The lowest BCUT2D eigenvalue weighted by Crippen LogP contribution is -2.20. The van der Waals surface area contributed by atoms with Crippen LogP contribution in [0.5, 0.6) is 0 Å². The first-order valence-electron chi connectivity index (χ1n) is 5.60. The van der Waals surface area contributed by atoms with Gasteiger partial charge in [0.15, 0.2) is 0 Å². The Balaban J connectivity index is 2.05. The van der Waals surface area contributed by atoms with Gasteiger partial charge in [0, 0.05) is 30.3 Å². The molecule has 3 rings (SSSR count). The summed E-state index contributed by atoms with van der Waals surface area (Å²) in [7, 11) is 0. The van der Waals surface area contributed by atoms with Crippen molar-refractivity contribution >= 4 is 0 Å². The van der Waals surface area contributed by atoms with Crippen LogP contribution in [0.3, 0.4) is 0 Å². The Kier molecular flexibility index (Phi) is 2.07. The molecule has 0 radical (unpaired) electrons. The zero-order valence-corrected chi connectivity index (χ0v) is 9.35. The molecule has 82 valence electrons. The maximum absolute atomic E-state index is 5.95. The number of aryl methyl sites for hydroxylation is 1. The normalized spacial score (nSPS) is 18.8. The van der Waals surface area contributed by atoms with E-state index in [1.54, 1.807) is 0 Å². The fourth-order valence-corrected chi connectivity index (χ4v) is 2.30. The van der Waals surface area contributed by atoms with E-state index in [9.17, 15) is 0 Å². The Hall–Kier alpha value is -1.61. The van der Waals surface area contributed by atoms with Crippen molar-refractivity contribution in [2.75, 3.05) is 0 Å². The Morgan fingerprint density at radius 3 is 2.81 bits per heavy atom. The highest BCUT2D eigenvalue weighted by Gasteiger charge is 2.22. The van der Waals surface area contributed by atoms with Crippen LogP contribution in [0.15, 0.2) is 30.6 Å². The van der Waals surface area contributed by atoms with Crippen molar-refractivity contribution in [2.45, 2.75) is 25.9 Å². The maximum atomic E-state index is 5.95. The van der Waals surface area contributed by atoms with E-state index >= 15 is 0 Å². The average molecular weight is 213 g/mol. The van der Waals surface area contributed by atoms with E-state index in [1.807, 2.05) is 6.33 Å². The van der Waals surface area contributed by atoms with Gasteiger partial charge in [0.05, 0.1) is 12.0 Å². The molecule has 0 amide bonds. The molecule has 3 heteroatoms. The van der Waals surface area contributed by atoms with Gasteiger partial charge in [-0.25, -0.2) is 4.98 Å². The van der Waals surface area contributed by atoms with Crippen LogP contribution in [0.25, 0.3) is 11.3 Å². The van der Waals surface area contributed by atoms with E-state index in [0.717, 1.165) is 18.7 Å². The lowest BCUT2D eigenvalue weighted by Gasteiger charge is -2.01. The van der Waals surface area contributed by atoms with Gasteiger partial charge in [0.1, 0.15) is 0 Å². The molecule has 1 aliphatic rings. The maximum Gasteiger partial charge on any atom is 0.0956 e. The summed E-state index contributed by atoms with van der Waals surface area (Å²) < 4.78 is 2.17. The number of nitrogens with two attached hydrogens (primary N) is 1. The summed E-state index contributed by atoms with van der Waals surface area (Å²) in [6, 6.07) is 8.75. The molecule has 1 aromatic heterocycles. The van der Waals surface area contributed by atoms with Crippen molar-refractivity contribution in [3.63, 3.8) is 0 Å². The molecule has 0 bridgehead atoms. The van der Waals surface area contributed by atoms with Crippen molar-refractivity contribution in [1.82, 2.24) is 9.55 Å². The van der Waals surface area contributed by atoms with Gasteiger partial charge in [-0.3, -0.25) is 0 Å². The first-order valence-corrected chi connectivity index (χ1v) is 5.60. The van der Waals surface area contributed by atoms with Crippen LogP contribution < -0.4 is 5.73 Å². The summed E-state index contributed by atoms with van der Waals surface area (Å²) >= 11 is 0. The molecule has 0 aliphatic carbocycles. The number of hydrogen-bond acceptors (Lipinski definition) is 2. The summed E-state index contributed by atoms with van der Waals surface area (Å²) in [4.78, 5) is 4.48. The number of imidazole rings is 1. The van der Waals surface area contributed by atoms with Crippen LogP contribution in [0.1, 0.15) is 11.3 Å². The minimum atomic E-state index is 0.252. The van der Waals surface area contributed by atoms with E-state index in [4.69, 9.17) is 5.73 Å². The standard InChI is InChI=1S/C13H15N3/c1-9-2-4-10(5-3-9)13-12-6-11(14)7-16(12)8-15-13/h2-5,8,11H,6-7,14H2,1H3. The highest BCUT2D eigenvalue weighted by molar-refractivity contribution is 5.62. The van der Waals surface area contributed by atoms with Crippen molar-refractivity contribution < 1.29 is 0 Å². The SMILES string of the molecule is Cc1ccc(-c2ncn3c2CC(N)C3)cc1. The molecule has 2 N–H and O–H groups in total. The van der Waals surface area contributed by atoms with Crippen molar-refractivity contribution in [3.05, 3.63) is 41.9 Å². The van der Waals surface area contributed by atoms with Gasteiger partial charge in [0.25, 0.3) is 0 Å². The van der Waals surface area contributed by atoms with E-state index in [-0.39, 0.29) is 6.04 Å². The first kappa shape index (κ1) is 9.60. The lowest BCUT2D eigenvalue weighted by molar-refractivity contribution is 0.636. The predicted molar refractivity (Wildman–Crippen MR) is 64.1 cm³/mol. The third-order valence-corrected chi connectivity index (χ3v) is 3.16. The van der Waals surface area contributed by atoms with Gasteiger partial charge in [-0.05, 0) is 6.92 Å². The minimum absolute atomic E-state index is 0.252. The molecule has 1 atom stereocenters. The molecular weight excluding hydrogens is 198 g/mol. The molecule has 1 aromatic carbocycles. The van der Waals surface area contributed by atoms with Crippen LogP contribution in [-0.2, 0) is 13.0 Å². The second-order valence-electron chi connectivity index (χ2n) is 4.52. The molecular formula is C13H15N3. The quantitative estimate of drug-likeness (QED) is 0.784. The van der Waals surface area contributed by atoms with Gasteiger partial charge in [0.2, 0.25) is 0 Å². The second kappa shape index (κ2) is 3.46. The van der Waals surface area contributed by atoms with Crippen LogP contribution in [0.2, 0.25) is 0 Å². The molecule has 0 saturated carbocycles.